The molecule has 0 spiro atoms. The molecule has 0 aromatic carbocycles. The zero-order valence-electron chi connectivity index (χ0n) is 8.71. The van der Waals surface area contributed by atoms with E-state index in [0.717, 1.165) is 12.8 Å². The summed E-state index contributed by atoms with van der Waals surface area (Å²) in [5.41, 5.74) is 0. The molecule has 1 rings (SSSR count). The Labute approximate surface area is 84.1 Å². The van der Waals surface area contributed by atoms with Crippen LogP contribution in [-0.4, -0.2) is 25.1 Å². The van der Waals surface area contributed by atoms with Crippen molar-refractivity contribution in [2.45, 2.75) is 26.7 Å². The van der Waals surface area contributed by atoms with Crippen LogP contribution in [0.2, 0.25) is 0 Å². The Morgan fingerprint density at radius 2 is 1.93 bits per heavy atom. The zero-order valence-corrected chi connectivity index (χ0v) is 8.71. The van der Waals surface area contributed by atoms with Crippen molar-refractivity contribution in [3.05, 3.63) is 0 Å². The molecular formula is C10H17NO3. The minimum Gasteiger partial charge on any atom is -0.481 e. The molecule has 0 amide bonds. The molecule has 1 fully saturated rings. The maximum atomic E-state index is 11.5. The fourth-order valence-electron chi connectivity index (χ4n) is 1.42. The van der Waals surface area contributed by atoms with Gasteiger partial charge in [0.2, 0.25) is 0 Å². The van der Waals surface area contributed by atoms with E-state index in [1.54, 1.807) is 6.92 Å². The first-order chi connectivity index (χ1) is 6.70. The minimum absolute atomic E-state index is 0.0634. The van der Waals surface area contributed by atoms with Gasteiger partial charge in [0, 0.05) is 0 Å². The molecule has 4 heteroatoms. The quantitative estimate of drug-likeness (QED) is 0.415. The summed E-state index contributed by atoms with van der Waals surface area (Å²) in [5, 5.41) is 7.60. The number of nitrogens with one attached hydrogen (secondary N) is 1. The Kier molecular flexibility index (Phi) is 3.92. The zero-order chi connectivity index (χ0) is 10.6. The van der Waals surface area contributed by atoms with Gasteiger partial charge in [-0.25, -0.2) is 0 Å². The number of esters is 1. The molecule has 1 unspecified atom stereocenters. The maximum Gasteiger partial charge on any atom is 0.318 e. The molecule has 1 saturated carbocycles. The number of rotatable bonds is 5. The lowest BCUT2D eigenvalue weighted by Crippen LogP contribution is -2.29. The van der Waals surface area contributed by atoms with Gasteiger partial charge in [-0.3, -0.25) is 10.2 Å². The van der Waals surface area contributed by atoms with E-state index >= 15 is 0 Å². The van der Waals surface area contributed by atoms with Gasteiger partial charge < -0.3 is 9.47 Å². The molecule has 0 aliphatic heterocycles. The smallest absolute Gasteiger partial charge is 0.318 e. The van der Waals surface area contributed by atoms with Crippen LogP contribution in [0.1, 0.15) is 26.7 Å². The lowest BCUT2D eigenvalue weighted by atomic mass is 10.0. The minimum atomic E-state index is -0.463. The van der Waals surface area contributed by atoms with Crippen LogP contribution in [0.3, 0.4) is 0 Å². The summed E-state index contributed by atoms with van der Waals surface area (Å²) in [4.78, 5) is 11.5. The van der Waals surface area contributed by atoms with Crippen molar-refractivity contribution in [1.29, 1.82) is 5.41 Å². The Hall–Kier alpha value is -1.06. The average molecular weight is 199 g/mol. The van der Waals surface area contributed by atoms with Gasteiger partial charge in [0.15, 0.2) is 5.90 Å². The highest BCUT2D eigenvalue weighted by Crippen LogP contribution is 2.38. The topological polar surface area (TPSA) is 59.4 Å². The predicted octanol–water partition coefficient (Wildman–Crippen LogP) is 1.59. The third-order valence-electron chi connectivity index (χ3n) is 2.22. The Morgan fingerprint density at radius 3 is 2.36 bits per heavy atom. The Bertz CT molecular complexity index is 205. The van der Waals surface area contributed by atoms with E-state index in [1.807, 2.05) is 6.92 Å². The highest BCUT2D eigenvalue weighted by atomic mass is 16.5. The second kappa shape index (κ2) is 4.98. The normalized spacial score (nSPS) is 17.3. The number of ether oxygens (including phenoxy) is 2. The Balaban J connectivity index is 2.53. The van der Waals surface area contributed by atoms with Gasteiger partial charge in [0.1, 0.15) is 5.92 Å². The largest absolute Gasteiger partial charge is 0.481 e. The van der Waals surface area contributed by atoms with E-state index < -0.39 is 5.92 Å². The summed E-state index contributed by atoms with van der Waals surface area (Å²) in [7, 11) is 0. The van der Waals surface area contributed by atoms with Gasteiger partial charge in [-0.1, -0.05) is 0 Å². The molecule has 4 nitrogen and oxygen atoms in total. The predicted molar refractivity (Wildman–Crippen MR) is 52.2 cm³/mol. The van der Waals surface area contributed by atoms with Gasteiger partial charge in [-0.15, -0.1) is 0 Å². The fourth-order valence-corrected chi connectivity index (χ4v) is 1.42. The van der Waals surface area contributed by atoms with E-state index in [9.17, 15) is 4.79 Å². The van der Waals surface area contributed by atoms with Crippen LogP contribution in [0.25, 0.3) is 0 Å². The summed E-state index contributed by atoms with van der Waals surface area (Å²) >= 11 is 0. The van der Waals surface area contributed by atoms with Crippen molar-refractivity contribution >= 4 is 11.9 Å². The van der Waals surface area contributed by atoms with Crippen LogP contribution in [0, 0.1) is 17.2 Å². The molecule has 80 valence electrons. The van der Waals surface area contributed by atoms with Crippen LogP contribution in [0.4, 0.5) is 0 Å². The van der Waals surface area contributed by atoms with E-state index in [-0.39, 0.29) is 17.8 Å². The third kappa shape index (κ3) is 2.72. The molecule has 1 N–H and O–H groups in total. The summed E-state index contributed by atoms with van der Waals surface area (Å²) in [6.45, 7) is 4.37. The van der Waals surface area contributed by atoms with Gasteiger partial charge in [-0.2, -0.15) is 0 Å². The van der Waals surface area contributed by atoms with Crippen molar-refractivity contribution in [3.63, 3.8) is 0 Å². The number of hydrogen-bond donors (Lipinski definition) is 1. The highest BCUT2D eigenvalue weighted by Gasteiger charge is 2.41. The van der Waals surface area contributed by atoms with Crippen molar-refractivity contribution in [1.82, 2.24) is 0 Å². The fraction of sp³-hybridized carbons (Fsp3) is 0.800. The van der Waals surface area contributed by atoms with Gasteiger partial charge >= 0.3 is 5.97 Å². The number of hydrogen-bond acceptors (Lipinski definition) is 4. The molecule has 0 heterocycles. The second-order valence-electron chi connectivity index (χ2n) is 3.36. The third-order valence-corrected chi connectivity index (χ3v) is 2.22. The van der Waals surface area contributed by atoms with Gasteiger partial charge in [0.05, 0.1) is 13.2 Å². The molecule has 0 saturated heterocycles. The molecule has 0 aromatic rings. The Morgan fingerprint density at radius 1 is 1.36 bits per heavy atom. The van der Waals surface area contributed by atoms with Crippen molar-refractivity contribution in [2.24, 2.45) is 11.8 Å². The van der Waals surface area contributed by atoms with Crippen LogP contribution >= 0.6 is 0 Å². The molecule has 1 aliphatic rings. The molecule has 1 atom stereocenters. The lowest BCUT2D eigenvalue weighted by molar-refractivity contribution is -0.146. The first-order valence-electron chi connectivity index (χ1n) is 5.08. The highest BCUT2D eigenvalue weighted by molar-refractivity contribution is 5.97. The lowest BCUT2D eigenvalue weighted by Gasteiger charge is -2.15. The maximum absolute atomic E-state index is 11.5. The van der Waals surface area contributed by atoms with Gasteiger partial charge in [-0.05, 0) is 32.6 Å². The van der Waals surface area contributed by atoms with E-state index in [0.29, 0.717) is 13.2 Å². The summed E-state index contributed by atoms with van der Waals surface area (Å²) in [6.07, 6.45) is 2.00. The van der Waals surface area contributed by atoms with E-state index in [4.69, 9.17) is 14.9 Å². The first kappa shape index (κ1) is 11.0. The molecule has 0 aromatic heterocycles. The summed E-state index contributed by atoms with van der Waals surface area (Å²) in [6, 6.07) is 0. The van der Waals surface area contributed by atoms with Crippen molar-refractivity contribution < 1.29 is 14.3 Å². The first-order valence-corrected chi connectivity index (χ1v) is 5.08. The second-order valence-corrected chi connectivity index (χ2v) is 3.36. The molecule has 14 heavy (non-hydrogen) atoms. The van der Waals surface area contributed by atoms with Crippen LogP contribution < -0.4 is 0 Å². The SMILES string of the molecule is CCOC(=N)C(C(=O)OCC)C1CC1. The summed E-state index contributed by atoms with van der Waals surface area (Å²) < 4.78 is 9.97. The average Bonchev–Trinajstić information content (AvgIpc) is 2.89. The molecule has 0 radical (unpaired) electrons. The van der Waals surface area contributed by atoms with Crippen LogP contribution in [0.5, 0.6) is 0 Å². The van der Waals surface area contributed by atoms with Crippen molar-refractivity contribution in [3.8, 4) is 0 Å². The number of carbonyl (C=O) groups is 1. The van der Waals surface area contributed by atoms with E-state index in [2.05, 4.69) is 0 Å². The van der Waals surface area contributed by atoms with Gasteiger partial charge in [0.25, 0.3) is 0 Å². The molecular weight excluding hydrogens is 182 g/mol. The molecule has 0 bridgehead atoms. The monoisotopic (exact) mass is 199 g/mol. The standard InChI is InChI=1S/C10H17NO3/c1-3-13-9(11)8(7-5-6-7)10(12)14-4-2/h7-8,11H,3-6H2,1-2H3. The number of carbonyl (C=O) groups excluding carboxylic acids is 1. The van der Waals surface area contributed by atoms with Crippen LogP contribution in [-0.2, 0) is 14.3 Å². The van der Waals surface area contributed by atoms with Crippen LogP contribution in [0.15, 0.2) is 0 Å². The molecule has 1 aliphatic carbocycles. The van der Waals surface area contributed by atoms with Crippen molar-refractivity contribution in [2.75, 3.05) is 13.2 Å². The summed E-state index contributed by atoms with van der Waals surface area (Å²) in [5.74, 6) is -0.440. The van der Waals surface area contributed by atoms with E-state index in [1.165, 1.54) is 0 Å².